The molecular formula is C16H23BrN4O2. The number of halogens is 1. The summed E-state index contributed by atoms with van der Waals surface area (Å²) in [4.78, 5) is 4.93. The zero-order chi connectivity index (χ0) is 16.7. The van der Waals surface area contributed by atoms with E-state index in [4.69, 9.17) is 10.3 Å². The van der Waals surface area contributed by atoms with Gasteiger partial charge in [0.1, 0.15) is 5.75 Å². The van der Waals surface area contributed by atoms with Crippen LogP contribution in [-0.2, 0) is 6.42 Å². The molecule has 1 aliphatic rings. The fourth-order valence-corrected chi connectivity index (χ4v) is 3.41. The molecule has 126 valence electrons. The number of hydrogen-bond acceptors (Lipinski definition) is 4. The number of nitrogens with zero attached hydrogens (tertiary/aromatic N) is 4. The predicted octanol–water partition coefficient (Wildman–Crippen LogP) is 3.38. The lowest BCUT2D eigenvalue weighted by Gasteiger charge is -2.33. The van der Waals surface area contributed by atoms with Crippen molar-refractivity contribution < 1.29 is 9.84 Å². The van der Waals surface area contributed by atoms with Crippen LogP contribution in [0.2, 0.25) is 0 Å². The van der Waals surface area contributed by atoms with Gasteiger partial charge in [-0.1, -0.05) is 21.0 Å². The Morgan fingerprint density at radius 1 is 1.48 bits per heavy atom. The Kier molecular flexibility index (Phi) is 7.17. The Hall–Kier alpha value is -1.27. The van der Waals surface area contributed by atoms with Crippen molar-refractivity contribution in [3.63, 3.8) is 0 Å². The number of ether oxygens (including phenoxy) is 1. The summed E-state index contributed by atoms with van der Waals surface area (Å²) < 4.78 is 6.43. The molecule has 1 fully saturated rings. The molecule has 1 atom stereocenters. The van der Waals surface area contributed by atoms with Crippen LogP contribution >= 0.6 is 15.9 Å². The number of likely N-dealkylation sites (tertiary alicyclic amines) is 1. The van der Waals surface area contributed by atoms with Crippen molar-refractivity contribution >= 4 is 15.9 Å². The lowest BCUT2D eigenvalue weighted by molar-refractivity contribution is 0.0941. The minimum atomic E-state index is -0.574. The molecule has 0 radical (unpaired) electrons. The molecule has 1 heterocycles. The van der Waals surface area contributed by atoms with Crippen molar-refractivity contribution in [3.05, 3.63) is 38.7 Å². The summed E-state index contributed by atoms with van der Waals surface area (Å²) in [6.07, 6.45) is 2.68. The van der Waals surface area contributed by atoms with Crippen LogP contribution in [0.15, 0.2) is 27.8 Å². The van der Waals surface area contributed by atoms with Gasteiger partial charge in [-0.25, -0.2) is 0 Å². The number of piperidine rings is 1. The van der Waals surface area contributed by atoms with Crippen LogP contribution in [0.3, 0.4) is 0 Å². The van der Waals surface area contributed by atoms with Crippen LogP contribution < -0.4 is 4.74 Å². The van der Waals surface area contributed by atoms with E-state index in [1.807, 2.05) is 12.1 Å². The van der Waals surface area contributed by atoms with Crippen molar-refractivity contribution in [2.45, 2.75) is 25.4 Å². The lowest BCUT2D eigenvalue weighted by atomic mass is 9.90. The molecule has 6 nitrogen and oxygen atoms in total. The first-order valence-corrected chi connectivity index (χ1v) is 8.65. The third kappa shape index (κ3) is 5.70. The first-order valence-electron chi connectivity index (χ1n) is 7.86. The summed E-state index contributed by atoms with van der Waals surface area (Å²) in [5, 5.41) is 13.2. The fraction of sp³-hybridized carbons (Fsp3) is 0.625. The molecule has 0 bridgehead atoms. The number of methoxy groups -OCH3 is 1. The van der Waals surface area contributed by atoms with Gasteiger partial charge >= 0.3 is 0 Å². The smallest absolute Gasteiger partial charge is 0.119 e. The summed E-state index contributed by atoms with van der Waals surface area (Å²) in [6, 6.07) is 6.09. The molecule has 0 aromatic heterocycles. The van der Waals surface area contributed by atoms with Gasteiger partial charge in [-0.05, 0) is 67.6 Å². The van der Waals surface area contributed by atoms with Gasteiger partial charge in [0.25, 0.3) is 0 Å². The van der Waals surface area contributed by atoms with Gasteiger partial charge < -0.3 is 14.7 Å². The fourth-order valence-electron chi connectivity index (χ4n) is 3.01. The minimum Gasteiger partial charge on any atom is -0.497 e. The maximum absolute atomic E-state index is 9.80. The topological polar surface area (TPSA) is 81.5 Å². The largest absolute Gasteiger partial charge is 0.497 e. The average molecular weight is 383 g/mol. The number of rotatable bonds is 7. The van der Waals surface area contributed by atoms with Crippen molar-refractivity contribution in [2.24, 2.45) is 11.0 Å². The standard InChI is InChI=1S/C16H23BrN4O2/c1-23-15-2-3-16(17)13(9-15)8-12-4-6-21(7-5-12)11-14(22)10-19-20-18/h2-3,9,12,14,22H,4-8,10-11H2,1H3. The highest BCUT2D eigenvalue weighted by Gasteiger charge is 2.21. The summed E-state index contributed by atoms with van der Waals surface area (Å²) in [5.74, 6) is 1.53. The minimum absolute atomic E-state index is 0.146. The third-order valence-corrected chi connectivity index (χ3v) is 5.07. The van der Waals surface area contributed by atoms with Gasteiger partial charge in [-0.2, -0.15) is 0 Å². The Bertz CT molecular complexity index is 555. The number of β-amino-alcohol motifs (C(OH)–C–C–N with tert-alkyl or cyclic N) is 1. The second-order valence-electron chi connectivity index (χ2n) is 5.97. The second kappa shape index (κ2) is 9.13. The van der Waals surface area contributed by atoms with E-state index >= 15 is 0 Å². The molecule has 0 aliphatic carbocycles. The molecule has 0 amide bonds. The van der Waals surface area contributed by atoms with Crippen LogP contribution in [0.4, 0.5) is 0 Å². The molecular weight excluding hydrogens is 360 g/mol. The third-order valence-electron chi connectivity index (χ3n) is 4.29. The van der Waals surface area contributed by atoms with Gasteiger partial charge in [-0.3, -0.25) is 0 Å². The SMILES string of the molecule is COc1ccc(Br)c(CC2CCN(CC(O)CN=[N+]=[N-])CC2)c1. The van der Waals surface area contributed by atoms with Crippen LogP contribution in [0.5, 0.6) is 5.75 Å². The van der Waals surface area contributed by atoms with Crippen LogP contribution in [0.25, 0.3) is 10.4 Å². The molecule has 1 unspecified atom stereocenters. The van der Waals surface area contributed by atoms with Gasteiger partial charge in [0.05, 0.1) is 19.8 Å². The molecule has 1 aliphatic heterocycles. The molecule has 1 N–H and O–H groups in total. The van der Waals surface area contributed by atoms with E-state index < -0.39 is 6.10 Å². The highest BCUT2D eigenvalue weighted by atomic mass is 79.9. The van der Waals surface area contributed by atoms with Crippen molar-refractivity contribution in [2.75, 3.05) is 33.3 Å². The van der Waals surface area contributed by atoms with Gasteiger partial charge in [0, 0.05) is 15.9 Å². The number of aliphatic hydroxyl groups is 1. The zero-order valence-corrected chi connectivity index (χ0v) is 14.9. The maximum atomic E-state index is 9.80. The normalized spacial score (nSPS) is 17.5. The highest BCUT2D eigenvalue weighted by Crippen LogP contribution is 2.28. The Morgan fingerprint density at radius 2 is 2.22 bits per heavy atom. The van der Waals surface area contributed by atoms with Crippen molar-refractivity contribution in [3.8, 4) is 5.75 Å². The van der Waals surface area contributed by atoms with Gasteiger partial charge in [0.2, 0.25) is 0 Å². The van der Waals surface area contributed by atoms with Crippen LogP contribution in [0, 0.1) is 5.92 Å². The summed E-state index contributed by atoms with van der Waals surface area (Å²) in [7, 11) is 1.69. The van der Waals surface area contributed by atoms with Crippen molar-refractivity contribution in [1.82, 2.24) is 4.90 Å². The van der Waals surface area contributed by atoms with E-state index in [2.05, 4.69) is 36.9 Å². The molecule has 7 heteroatoms. The Labute approximate surface area is 145 Å². The quantitative estimate of drug-likeness (QED) is 0.445. The Balaban J connectivity index is 1.82. The number of benzene rings is 1. The first-order chi connectivity index (χ1) is 11.1. The second-order valence-corrected chi connectivity index (χ2v) is 6.83. The number of hydrogen-bond donors (Lipinski definition) is 1. The first kappa shape index (κ1) is 18.1. The van der Waals surface area contributed by atoms with Gasteiger partial charge in [0.15, 0.2) is 0 Å². The lowest BCUT2D eigenvalue weighted by Crippen LogP contribution is -2.40. The summed E-state index contributed by atoms with van der Waals surface area (Å²) >= 11 is 3.62. The van der Waals surface area contributed by atoms with E-state index in [9.17, 15) is 5.11 Å². The predicted molar refractivity (Wildman–Crippen MR) is 93.6 cm³/mol. The monoisotopic (exact) mass is 382 g/mol. The van der Waals surface area contributed by atoms with Crippen molar-refractivity contribution in [1.29, 1.82) is 0 Å². The van der Waals surface area contributed by atoms with E-state index in [-0.39, 0.29) is 6.54 Å². The van der Waals surface area contributed by atoms with E-state index in [0.29, 0.717) is 12.5 Å². The summed E-state index contributed by atoms with van der Waals surface area (Å²) in [6.45, 7) is 2.67. The molecule has 2 rings (SSSR count). The summed E-state index contributed by atoms with van der Waals surface area (Å²) in [5.41, 5.74) is 9.56. The molecule has 23 heavy (non-hydrogen) atoms. The van der Waals surface area contributed by atoms with E-state index in [1.165, 1.54) is 5.56 Å². The zero-order valence-electron chi connectivity index (χ0n) is 13.4. The molecule has 0 spiro atoms. The number of azide groups is 1. The van der Waals surface area contributed by atoms with E-state index in [0.717, 1.165) is 42.6 Å². The average Bonchev–Trinajstić information content (AvgIpc) is 2.56. The highest BCUT2D eigenvalue weighted by molar-refractivity contribution is 9.10. The van der Waals surface area contributed by atoms with Gasteiger partial charge in [-0.15, -0.1) is 0 Å². The molecule has 1 aromatic rings. The van der Waals surface area contributed by atoms with E-state index in [1.54, 1.807) is 7.11 Å². The number of aliphatic hydroxyl groups excluding tert-OH is 1. The molecule has 0 saturated carbocycles. The Morgan fingerprint density at radius 3 is 2.87 bits per heavy atom. The van der Waals surface area contributed by atoms with Crippen LogP contribution in [-0.4, -0.2) is 49.4 Å². The maximum Gasteiger partial charge on any atom is 0.119 e. The molecule has 1 saturated heterocycles. The molecule has 1 aromatic carbocycles. The van der Waals surface area contributed by atoms with Crippen LogP contribution in [0.1, 0.15) is 18.4 Å².